The summed E-state index contributed by atoms with van der Waals surface area (Å²) in [5, 5.41) is 32.5. The van der Waals surface area contributed by atoms with E-state index in [1.165, 1.54) is 0 Å². The largest absolute Gasteiger partial charge is 0.278 e. The van der Waals surface area contributed by atoms with Crippen molar-refractivity contribution in [1.82, 2.24) is 20.4 Å². The Morgan fingerprint density at radius 2 is 1.61 bits per heavy atom. The fraction of sp³-hybridized carbons (Fsp3) is 0. The third-order valence-corrected chi connectivity index (χ3v) is 3.82. The zero-order valence-corrected chi connectivity index (χ0v) is 13.3. The number of hydrogen-bond donors (Lipinski definition) is 2. The first-order valence-electron chi connectivity index (χ1n) is 6.58. The summed E-state index contributed by atoms with van der Waals surface area (Å²) in [6.45, 7) is 0. The normalized spacial score (nSPS) is 9.87. The lowest BCUT2D eigenvalue weighted by Gasteiger charge is -1.88. The minimum atomic E-state index is 0.643. The lowest BCUT2D eigenvalue weighted by molar-refractivity contribution is 1.10. The second-order valence-electron chi connectivity index (χ2n) is 4.67. The highest BCUT2D eigenvalue weighted by molar-refractivity contribution is 9.10. The minimum Gasteiger partial charge on any atom is -0.278 e. The Kier molecular flexibility index (Phi) is 4.05. The van der Waals surface area contributed by atoms with Crippen LogP contribution in [-0.4, -0.2) is 20.4 Å². The smallest absolute Gasteiger partial charge is 0.135 e. The van der Waals surface area contributed by atoms with Gasteiger partial charge in [-0.15, -0.1) is 0 Å². The molecule has 7 heteroatoms. The number of H-pyrrole nitrogens is 2. The number of nitriles is 2. The van der Waals surface area contributed by atoms with E-state index in [0.29, 0.717) is 11.1 Å². The predicted molar refractivity (Wildman–Crippen MR) is 89.3 cm³/mol. The summed E-state index contributed by atoms with van der Waals surface area (Å²) in [7, 11) is 0. The highest BCUT2D eigenvalue weighted by atomic mass is 79.9. The average molecular weight is 365 g/mol. The summed E-state index contributed by atoms with van der Waals surface area (Å²) in [5.74, 6) is 0. The number of aromatic nitrogens is 4. The molecule has 0 spiro atoms. The Labute approximate surface area is 139 Å². The number of rotatable bonds is 0. The van der Waals surface area contributed by atoms with Gasteiger partial charge in [-0.2, -0.15) is 20.7 Å². The second kappa shape index (κ2) is 6.30. The third kappa shape index (κ3) is 3.05. The Hall–Kier alpha value is -3.16. The Balaban J connectivity index is 0.000000136. The molecule has 0 aliphatic rings. The maximum absolute atomic E-state index is 8.63. The zero-order valence-electron chi connectivity index (χ0n) is 11.7. The molecule has 4 aromatic rings. The quantitative estimate of drug-likeness (QED) is 0.496. The molecule has 0 amide bonds. The van der Waals surface area contributed by atoms with Crippen LogP contribution in [0.5, 0.6) is 0 Å². The summed E-state index contributed by atoms with van der Waals surface area (Å²) in [6.07, 6.45) is 1.70. The van der Waals surface area contributed by atoms with Crippen LogP contribution >= 0.6 is 15.9 Å². The van der Waals surface area contributed by atoms with Gasteiger partial charge in [0.2, 0.25) is 0 Å². The lowest BCUT2D eigenvalue weighted by Crippen LogP contribution is -1.72. The van der Waals surface area contributed by atoms with Crippen LogP contribution in [0.15, 0.2) is 47.2 Å². The van der Waals surface area contributed by atoms with Crippen molar-refractivity contribution in [1.29, 1.82) is 10.5 Å². The summed E-state index contributed by atoms with van der Waals surface area (Å²) in [5.41, 5.74) is 3.20. The SMILES string of the molecule is N#Cc1ccc2[nH]nc(Br)c2c1.N#Cc1ccc2[nH]ncc2c1. The molecule has 2 N–H and O–H groups in total. The van der Waals surface area contributed by atoms with Gasteiger partial charge in [0.1, 0.15) is 4.60 Å². The molecule has 0 bridgehead atoms. The summed E-state index contributed by atoms with van der Waals surface area (Å²) in [4.78, 5) is 0. The number of aromatic amines is 2. The van der Waals surface area contributed by atoms with E-state index in [1.807, 2.05) is 12.1 Å². The molecule has 0 unspecified atom stereocenters. The first-order chi connectivity index (χ1) is 11.2. The monoisotopic (exact) mass is 364 g/mol. The number of hydrogen-bond acceptors (Lipinski definition) is 4. The fourth-order valence-electron chi connectivity index (χ4n) is 2.06. The number of halogens is 1. The van der Waals surface area contributed by atoms with Crippen molar-refractivity contribution >= 4 is 37.7 Å². The van der Waals surface area contributed by atoms with E-state index in [4.69, 9.17) is 10.5 Å². The van der Waals surface area contributed by atoms with Crippen molar-refractivity contribution in [2.75, 3.05) is 0 Å². The van der Waals surface area contributed by atoms with Gasteiger partial charge in [-0.3, -0.25) is 10.2 Å². The van der Waals surface area contributed by atoms with Crippen molar-refractivity contribution in [3.63, 3.8) is 0 Å². The van der Waals surface area contributed by atoms with Crippen molar-refractivity contribution in [3.8, 4) is 12.1 Å². The van der Waals surface area contributed by atoms with Gasteiger partial charge < -0.3 is 0 Å². The minimum absolute atomic E-state index is 0.643. The van der Waals surface area contributed by atoms with E-state index in [-0.39, 0.29) is 0 Å². The molecule has 23 heavy (non-hydrogen) atoms. The summed E-state index contributed by atoms with van der Waals surface area (Å²) >= 11 is 3.28. The number of benzene rings is 2. The lowest BCUT2D eigenvalue weighted by atomic mass is 10.2. The van der Waals surface area contributed by atoms with E-state index in [1.54, 1.807) is 30.5 Å². The number of nitrogens with zero attached hydrogens (tertiary/aromatic N) is 4. The van der Waals surface area contributed by atoms with E-state index in [2.05, 4.69) is 48.5 Å². The molecule has 110 valence electrons. The van der Waals surface area contributed by atoms with Crippen LogP contribution in [0, 0.1) is 22.7 Å². The molecular weight excluding hydrogens is 356 g/mol. The maximum Gasteiger partial charge on any atom is 0.135 e. The van der Waals surface area contributed by atoms with E-state index < -0.39 is 0 Å². The zero-order chi connectivity index (χ0) is 16.2. The van der Waals surface area contributed by atoms with Gasteiger partial charge >= 0.3 is 0 Å². The highest BCUT2D eigenvalue weighted by Crippen LogP contribution is 2.21. The molecule has 0 saturated carbocycles. The molecular formula is C16H9BrN6. The van der Waals surface area contributed by atoms with Gasteiger partial charge in [0.25, 0.3) is 0 Å². The van der Waals surface area contributed by atoms with Gasteiger partial charge in [-0.05, 0) is 52.3 Å². The van der Waals surface area contributed by atoms with Gasteiger partial charge in [0, 0.05) is 10.8 Å². The number of fused-ring (bicyclic) bond motifs is 2. The van der Waals surface area contributed by atoms with E-state index in [9.17, 15) is 0 Å². The Bertz CT molecular complexity index is 1060. The van der Waals surface area contributed by atoms with Gasteiger partial charge in [-0.25, -0.2) is 0 Å². The van der Waals surface area contributed by atoms with Crippen molar-refractivity contribution < 1.29 is 0 Å². The molecule has 2 aromatic carbocycles. The molecule has 0 fully saturated rings. The molecule has 2 aromatic heterocycles. The van der Waals surface area contributed by atoms with Crippen molar-refractivity contribution in [3.05, 3.63) is 58.3 Å². The molecule has 6 nitrogen and oxygen atoms in total. The van der Waals surface area contributed by atoms with Gasteiger partial charge in [0.05, 0.1) is 40.5 Å². The second-order valence-corrected chi connectivity index (χ2v) is 5.42. The average Bonchev–Trinajstić information content (AvgIpc) is 3.21. The molecule has 2 heterocycles. The van der Waals surface area contributed by atoms with Crippen LogP contribution < -0.4 is 0 Å². The van der Waals surface area contributed by atoms with Crippen LogP contribution in [0.1, 0.15) is 11.1 Å². The Morgan fingerprint density at radius 3 is 2.35 bits per heavy atom. The van der Waals surface area contributed by atoms with Crippen LogP contribution in [0.25, 0.3) is 21.8 Å². The van der Waals surface area contributed by atoms with Crippen LogP contribution in [0.2, 0.25) is 0 Å². The summed E-state index contributed by atoms with van der Waals surface area (Å²) < 4.78 is 0.745. The Morgan fingerprint density at radius 1 is 0.913 bits per heavy atom. The first-order valence-corrected chi connectivity index (χ1v) is 7.37. The third-order valence-electron chi connectivity index (χ3n) is 3.21. The highest BCUT2D eigenvalue weighted by Gasteiger charge is 2.02. The topological polar surface area (TPSA) is 105 Å². The van der Waals surface area contributed by atoms with E-state index in [0.717, 1.165) is 26.4 Å². The number of nitrogens with one attached hydrogen (secondary N) is 2. The maximum atomic E-state index is 8.63. The predicted octanol–water partition coefficient (Wildman–Crippen LogP) is 3.63. The van der Waals surface area contributed by atoms with Crippen molar-refractivity contribution in [2.24, 2.45) is 0 Å². The van der Waals surface area contributed by atoms with E-state index >= 15 is 0 Å². The fourth-order valence-corrected chi connectivity index (χ4v) is 2.48. The summed E-state index contributed by atoms with van der Waals surface area (Å²) in [6, 6.07) is 14.9. The molecule has 0 atom stereocenters. The molecule has 0 radical (unpaired) electrons. The molecule has 0 saturated heterocycles. The van der Waals surface area contributed by atoms with Crippen LogP contribution in [0.4, 0.5) is 0 Å². The molecule has 4 rings (SSSR count). The first kappa shape index (κ1) is 14.8. The van der Waals surface area contributed by atoms with Gasteiger partial charge in [-0.1, -0.05) is 0 Å². The molecule has 0 aliphatic heterocycles. The van der Waals surface area contributed by atoms with Crippen LogP contribution in [0.3, 0.4) is 0 Å². The van der Waals surface area contributed by atoms with Crippen LogP contribution in [-0.2, 0) is 0 Å². The van der Waals surface area contributed by atoms with Gasteiger partial charge in [0.15, 0.2) is 0 Å². The standard InChI is InChI=1S/C8H4BrN3.C8H5N3/c9-8-6-3-5(4-10)1-2-7(6)11-12-8;9-4-6-1-2-8-7(3-6)5-10-11-8/h1-3H,(H,11,12);1-3,5H,(H,10,11). The van der Waals surface area contributed by atoms with Crippen molar-refractivity contribution in [2.45, 2.75) is 0 Å². The molecule has 0 aliphatic carbocycles.